The molecule has 12 nitrogen and oxygen atoms in total. The number of nitrogens with one attached hydrogen (secondary N) is 3. The molecule has 0 radical (unpaired) electrons. The van der Waals surface area contributed by atoms with E-state index >= 15 is 0 Å². The summed E-state index contributed by atoms with van der Waals surface area (Å²) in [5.74, 6) is -1.76. The van der Waals surface area contributed by atoms with Crippen LogP contribution in [-0.2, 0) is 43.5 Å². The first-order valence-corrected chi connectivity index (χ1v) is 19.7. The van der Waals surface area contributed by atoms with Crippen molar-refractivity contribution in [1.82, 2.24) is 25.8 Å². The fourth-order valence-electron chi connectivity index (χ4n) is 6.48. The molecule has 1 aromatic heterocycles. The second kappa shape index (κ2) is 19.6. The molecule has 1 saturated heterocycles. The van der Waals surface area contributed by atoms with Gasteiger partial charge in [0.25, 0.3) is 0 Å². The number of thiazole rings is 1. The zero-order valence-electron chi connectivity index (χ0n) is 32.2. The summed E-state index contributed by atoms with van der Waals surface area (Å²) in [5.41, 5.74) is 11.4. The van der Waals surface area contributed by atoms with Crippen LogP contribution in [0.15, 0.2) is 54.0 Å². The first-order chi connectivity index (χ1) is 25.6. The van der Waals surface area contributed by atoms with Gasteiger partial charge in [0.15, 0.2) is 0 Å². The van der Waals surface area contributed by atoms with E-state index in [0.717, 1.165) is 52.1 Å². The number of amides is 5. The summed E-state index contributed by atoms with van der Waals surface area (Å²) in [6, 6.07) is 14.2. The molecule has 6 N–H and O–H groups in total. The summed E-state index contributed by atoms with van der Waals surface area (Å²) >= 11 is 1.58. The Bertz CT molecular complexity index is 1740. The molecule has 4 rings (SSSR count). The average molecular weight is 761 g/mol. The van der Waals surface area contributed by atoms with E-state index in [1.807, 2.05) is 81.7 Å². The number of likely N-dealkylation sites (tertiary alicyclic amines) is 1. The lowest BCUT2D eigenvalue weighted by Crippen LogP contribution is -2.57. The second-order valence-electron chi connectivity index (χ2n) is 15.4. The molecule has 13 heteroatoms. The molecule has 5 amide bonds. The Morgan fingerprint density at radius 1 is 0.926 bits per heavy atom. The Morgan fingerprint density at radius 2 is 1.56 bits per heavy atom. The van der Waals surface area contributed by atoms with E-state index in [2.05, 4.69) is 20.9 Å². The minimum Gasteiger partial charge on any atom is -0.391 e. The topological polar surface area (TPSA) is 184 Å². The number of hydrogen-bond donors (Lipinski definition) is 5. The van der Waals surface area contributed by atoms with Crippen LogP contribution >= 0.6 is 11.3 Å². The second-order valence-corrected chi connectivity index (χ2v) is 16.3. The number of hydrogen-bond acceptors (Lipinski definition) is 8. The molecule has 0 aliphatic carbocycles. The molecule has 2 heterocycles. The number of primary amides is 1. The van der Waals surface area contributed by atoms with E-state index in [4.69, 9.17) is 5.73 Å². The molecule has 54 heavy (non-hydrogen) atoms. The van der Waals surface area contributed by atoms with Crippen molar-refractivity contribution in [2.75, 3.05) is 6.54 Å². The maximum atomic E-state index is 13.9. The molecule has 1 fully saturated rings. The van der Waals surface area contributed by atoms with Crippen molar-refractivity contribution in [3.8, 4) is 10.4 Å². The summed E-state index contributed by atoms with van der Waals surface area (Å²) < 4.78 is 0. The van der Waals surface area contributed by atoms with Gasteiger partial charge in [-0.3, -0.25) is 24.0 Å². The van der Waals surface area contributed by atoms with Crippen molar-refractivity contribution in [2.45, 2.75) is 117 Å². The highest BCUT2D eigenvalue weighted by Gasteiger charge is 2.44. The molecule has 0 bridgehead atoms. The van der Waals surface area contributed by atoms with Gasteiger partial charge in [0, 0.05) is 44.8 Å². The lowest BCUT2D eigenvalue weighted by molar-refractivity contribution is -0.144. The van der Waals surface area contributed by atoms with Crippen molar-refractivity contribution in [2.24, 2.45) is 17.1 Å². The number of carbonyl (C=O) groups excluding carboxylic acids is 5. The number of aliphatic hydroxyl groups excluding tert-OH is 1. The minimum absolute atomic E-state index is 0.0233. The average Bonchev–Trinajstić information content (AvgIpc) is 3.75. The molecule has 292 valence electrons. The zero-order valence-corrected chi connectivity index (χ0v) is 33.0. The van der Waals surface area contributed by atoms with Crippen LogP contribution in [0.3, 0.4) is 0 Å². The smallest absolute Gasteiger partial charge is 0.246 e. The van der Waals surface area contributed by atoms with E-state index in [1.165, 1.54) is 4.90 Å². The van der Waals surface area contributed by atoms with Gasteiger partial charge in [0.2, 0.25) is 29.5 Å². The van der Waals surface area contributed by atoms with E-state index in [1.54, 1.807) is 18.3 Å². The van der Waals surface area contributed by atoms with Crippen molar-refractivity contribution in [3.05, 3.63) is 76.4 Å². The number of nitrogens with two attached hydrogens (primary N) is 1. The van der Waals surface area contributed by atoms with Gasteiger partial charge in [0.05, 0.1) is 22.2 Å². The van der Waals surface area contributed by atoms with Crippen LogP contribution in [0.5, 0.6) is 0 Å². The minimum atomic E-state index is -0.866. The molecule has 1 aliphatic rings. The van der Waals surface area contributed by atoms with Crippen LogP contribution in [-0.4, -0.2) is 69.3 Å². The molecular weight excluding hydrogens is 705 g/mol. The van der Waals surface area contributed by atoms with Crippen LogP contribution in [0.2, 0.25) is 0 Å². The molecule has 1 aliphatic heterocycles. The SMILES string of the molecule is Cc1ncsc1-c1ccc(CNC(=O)[C@@H]2C[C@@H](O)CN2C(=O)[C@@H](NC(=O)CCCCCc2ccc(CNC(=O)[C@@H](C)CCC(N)=O)cc2)C(C)(C)C)cc1. The predicted molar refractivity (Wildman–Crippen MR) is 210 cm³/mol. The van der Waals surface area contributed by atoms with Crippen molar-refractivity contribution < 1.29 is 29.1 Å². The fourth-order valence-corrected chi connectivity index (χ4v) is 7.29. The normalized spacial score (nSPS) is 16.7. The number of benzene rings is 2. The van der Waals surface area contributed by atoms with Gasteiger partial charge in [-0.25, -0.2) is 4.98 Å². The van der Waals surface area contributed by atoms with Gasteiger partial charge in [-0.15, -0.1) is 11.3 Å². The van der Waals surface area contributed by atoms with Crippen LogP contribution in [0.25, 0.3) is 10.4 Å². The molecular formula is C41H56N6O6S. The summed E-state index contributed by atoms with van der Waals surface area (Å²) in [7, 11) is 0. The number of nitrogens with zero attached hydrogens (tertiary/aromatic N) is 2. The maximum absolute atomic E-state index is 13.9. The lowest BCUT2D eigenvalue weighted by atomic mass is 9.85. The lowest BCUT2D eigenvalue weighted by Gasteiger charge is -2.35. The van der Waals surface area contributed by atoms with Gasteiger partial charge in [-0.2, -0.15) is 0 Å². The highest BCUT2D eigenvalue weighted by atomic mass is 32.1. The van der Waals surface area contributed by atoms with E-state index in [0.29, 0.717) is 19.4 Å². The third-order valence-electron chi connectivity index (χ3n) is 9.84. The van der Waals surface area contributed by atoms with Crippen molar-refractivity contribution in [3.63, 3.8) is 0 Å². The third kappa shape index (κ3) is 12.5. The number of aryl methyl sites for hydroxylation is 2. The van der Waals surface area contributed by atoms with Gasteiger partial charge < -0.3 is 31.7 Å². The maximum Gasteiger partial charge on any atom is 0.246 e. The van der Waals surface area contributed by atoms with Crippen LogP contribution in [0.1, 0.15) is 95.0 Å². The molecule has 0 spiro atoms. The number of rotatable bonds is 18. The van der Waals surface area contributed by atoms with E-state index < -0.39 is 29.5 Å². The number of aliphatic hydroxyl groups is 1. The molecule has 4 atom stereocenters. The summed E-state index contributed by atoms with van der Waals surface area (Å²) in [4.78, 5) is 70.5. The van der Waals surface area contributed by atoms with Gasteiger partial charge in [0.1, 0.15) is 12.1 Å². The van der Waals surface area contributed by atoms with Crippen LogP contribution < -0.4 is 21.7 Å². The van der Waals surface area contributed by atoms with Gasteiger partial charge in [-0.05, 0) is 60.3 Å². The molecule has 3 aromatic rings. The quantitative estimate of drug-likeness (QED) is 0.118. The monoisotopic (exact) mass is 760 g/mol. The Labute approximate surface area is 322 Å². The third-order valence-corrected chi connectivity index (χ3v) is 10.8. The molecule has 0 unspecified atom stereocenters. The largest absolute Gasteiger partial charge is 0.391 e. The van der Waals surface area contributed by atoms with E-state index in [-0.39, 0.29) is 61.9 Å². The summed E-state index contributed by atoms with van der Waals surface area (Å²) in [6.45, 7) is 10.1. The molecule has 2 aromatic carbocycles. The highest BCUT2D eigenvalue weighted by Crippen LogP contribution is 2.28. The standard InChI is InChI=1S/C41H56N6O6S/c1-26(11-20-34(42)49)38(51)43-22-29-14-12-28(13-15-29)9-7-6-8-10-35(50)46-37(41(3,4)5)40(53)47-24-32(48)21-33(47)39(52)44-23-30-16-18-31(19-17-30)36-27(2)45-25-54-36/h12-19,25-26,32-33,37,48H,6-11,20-24H2,1-5H3,(H2,42,49)(H,43,51)(H,44,52)(H,46,50)/t26-,32+,33-,37+/m0/s1. The van der Waals surface area contributed by atoms with Crippen molar-refractivity contribution in [1.29, 1.82) is 0 Å². The van der Waals surface area contributed by atoms with Gasteiger partial charge in [-0.1, -0.05) is 82.6 Å². The van der Waals surface area contributed by atoms with E-state index in [9.17, 15) is 29.1 Å². The van der Waals surface area contributed by atoms with Crippen molar-refractivity contribution >= 4 is 40.9 Å². The first-order valence-electron chi connectivity index (χ1n) is 18.8. The summed E-state index contributed by atoms with van der Waals surface area (Å²) in [6.07, 6.45) is 3.40. The number of aromatic nitrogens is 1. The zero-order chi connectivity index (χ0) is 39.4. The summed E-state index contributed by atoms with van der Waals surface area (Å²) in [5, 5.41) is 19.3. The Balaban J connectivity index is 1.21. The van der Waals surface area contributed by atoms with Gasteiger partial charge >= 0.3 is 0 Å². The van der Waals surface area contributed by atoms with Crippen LogP contribution in [0.4, 0.5) is 0 Å². The van der Waals surface area contributed by atoms with Crippen LogP contribution in [0, 0.1) is 18.3 Å². The number of carbonyl (C=O) groups is 5. The highest BCUT2D eigenvalue weighted by molar-refractivity contribution is 7.13. The number of unbranched alkanes of at least 4 members (excludes halogenated alkanes) is 2. The first kappa shape index (κ1) is 42.1. The number of β-amino-alcohol motifs (C(OH)–C–C–N with tert-alkyl or cyclic N) is 1. The molecule has 0 saturated carbocycles. The fraction of sp³-hybridized carbons (Fsp3) is 0.512. The Morgan fingerprint density at radius 3 is 2.17 bits per heavy atom. The Hall–Kier alpha value is -4.62. The predicted octanol–water partition coefficient (Wildman–Crippen LogP) is 4.55. The Kier molecular flexibility index (Phi) is 15.3.